The molecule has 1 aromatic carbocycles. The molecule has 0 bridgehead atoms. The van der Waals surface area contributed by atoms with Gasteiger partial charge in [-0.2, -0.15) is 0 Å². The van der Waals surface area contributed by atoms with Crippen molar-refractivity contribution < 1.29 is 5.11 Å². The van der Waals surface area contributed by atoms with Crippen LogP contribution < -0.4 is 5.73 Å². The normalized spacial score (nSPS) is 12.9. The zero-order chi connectivity index (χ0) is 10.6. The van der Waals surface area contributed by atoms with Gasteiger partial charge in [-0.25, -0.2) is 0 Å². The van der Waals surface area contributed by atoms with Crippen molar-refractivity contribution in [1.82, 2.24) is 0 Å². The summed E-state index contributed by atoms with van der Waals surface area (Å²) in [5, 5.41) is 9.57. The number of rotatable bonds is 4. The zero-order valence-corrected chi connectivity index (χ0v) is 9.92. The van der Waals surface area contributed by atoms with Gasteiger partial charge in [0.25, 0.3) is 0 Å². The van der Waals surface area contributed by atoms with Gasteiger partial charge in [-0.15, -0.1) is 0 Å². The van der Waals surface area contributed by atoms with E-state index in [-0.39, 0.29) is 6.10 Å². The van der Waals surface area contributed by atoms with Crippen molar-refractivity contribution >= 4 is 15.9 Å². The molecule has 0 saturated carbocycles. The molecule has 3 N–H and O–H groups in total. The lowest BCUT2D eigenvalue weighted by Crippen LogP contribution is -2.15. The number of aliphatic hydroxyl groups excluding tert-OH is 1. The van der Waals surface area contributed by atoms with Crippen molar-refractivity contribution in [3.63, 3.8) is 0 Å². The molecule has 1 atom stereocenters. The third-order valence-electron chi connectivity index (χ3n) is 2.21. The van der Waals surface area contributed by atoms with E-state index in [2.05, 4.69) is 28.1 Å². The Labute approximate surface area is 93.3 Å². The fraction of sp³-hybridized carbons (Fsp3) is 0.455. The van der Waals surface area contributed by atoms with Gasteiger partial charge in [-0.1, -0.05) is 28.1 Å². The summed E-state index contributed by atoms with van der Waals surface area (Å²) in [5.41, 5.74) is 7.72. The Morgan fingerprint density at radius 3 is 2.79 bits per heavy atom. The van der Waals surface area contributed by atoms with Gasteiger partial charge in [-0.05, 0) is 43.5 Å². The summed E-state index contributed by atoms with van der Waals surface area (Å²) >= 11 is 3.47. The van der Waals surface area contributed by atoms with Gasteiger partial charge < -0.3 is 10.8 Å². The van der Waals surface area contributed by atoms with Crippen molar-refractivity contribution in [3.8, 4) is 0 Å². The Kier molecular flexibility index (Phi) is 4.58. The third-order valence-corrected chi connectivity index (χ3v) is 3.06. The van der Waals surface area contributed by atoms with Crippen LogP contribution in [0.1, 0.15) is 17.5 Å². The average Bonchev–Trinajstić information content (AvgIpc) is 2.12. The average molecular weight is 258 g/mol. The molecular formula is C11H16BrNO. The summed E-state index contributed by atoms with van der Waals surface area (Å²) in [5.74, 6) is 0. The van der Waals surface area contributed by atoms with E-state index in [9.17, 15) is 5.11 Å². The SMILES string of the molecule is Cc1ccc(CC(O)CCN)cc1Br. The number of halogens is 1. The van der Waals surface area contributed by atoms with Gasteiger partial charge >= 0.3 is 0 Å². The molecule has 0 amide bonds. The molecule has 0 heterocycles. The van der Waals surface area contributed by atoms with Crippen molar-refractivity contribution in [2.24, 2.45) is 5.73 Å². The molecule has 0 aliphatic carbocycles. The highest BCUT2D eigenvalue weighted by atomic mass is 79.9. The van der Waals surface area contributed by atoms with E-state index in [1.807, 2.05) is 13.0 Å². The molecule has 0 fully saturated rings. The van der Waals surface area contributed by atoms with Gasteiger partial charge in [0.05, 0.1) is 6.10 Å². The number of nitrogens with two attached hydrogens (primary N) is 1. The smallest absolute Gasteiger partial charge is 0.0592 e. The first-order chi connectivity index (χ1) is 6.63. The number of hydrogen-bond acceptors (Lipinski definition) is 2. The minimum absolute atomic E-state index is 0.324. The van der Waals surface area contributed by atoms with Gasteiger partial charge in [0.15, 0.2) is 0 Å². The molecule has 0 aliphatic heterocycles. The number of aryl methyl sites for hydroxylation is 1. The maximum atomic E-state index is 9.57. The van der Waals surface area contributed by atoms with E-state index in [4.69, 9.17) is 5.73 Å². The summed E-state index contributed by atoms with van der Waals surface area (Å²) in [6.07, 6.45) is 1.01. The molecule has 1 aromatic rings. The second-order valence-electron chi connectivity index (χ2n) is 3.52. The Bertz CT molecular complexity index is 301. The molecule has 0 radical (unpaired) electrons. The Balaban J connectivity index is 2.63. The quantitative estimate of drug-likeness (QED) is 0.867. The van der Waals surface area contributed by atoms with Gasteiger partial charge in [0, 0.05) is 4.47 Å². The maximum Gasteiger partial charge on any atom is 0.0592 e. The fourth-order valence-corrected chi connectivity index (χ4v) is 1.76. The molecule has 2 nitrogen and oxygen atoms in total. The molecule has 0 spiro atoms. The van der Waals surface area contributed by atoms with Crippen molar-refractivity contribution in [2.75, 3.05) is 6.54 Å². The number of benzene rings is 1. The van der Waals surface area contributed by atoms with E-state index in [1.54, 1.807) is 0 Å². The Morgan fingerprint density at radius 2 is 2.21 bits per heavy atom. The minimum atomic E-state index is -0.324. The summed E-state index contributed by atoms with van der Waals surface area (Å²) in [6, 6.07) is 6.14. The molecule has 0 saturated heterocycles. The van der Waals surface area contributed by atoms with Crippen molar-refractivity contribution in [3.05, 3.63) is 33.8 Å². The van der Waals surface area contributed by atoms with Crippen LogP contribution in [0, 0.1) is 6.92 Å². The Hall–Kier alpha value is -0.380. The predicted octanol–water partition coefficient (Wildman–Crippen LogP) is 2.01. The fourth-order valence-electron chi connectivity index (χ4n) is 1.33. The molecule has 1 rings (SSSR count). The molecule has 1 unspecified atom stereocenters. The van der Waals surface area contributed by atoms with Crippen molar-refractivity contribution in [2.45, 2.75) is 25.9 Å². The van der Waals surface area contributed by atoms with Crippen LogP contribution in [-0.2, 0) is 6.42 Å². The molecule has 3 heteroatoms. The predicted molar refractivity (Wildman–Crippen MR) is 62.3 cm³/mol. The summed E-state index contributed by atoms with van der Waals surface area (Å²) < 4.78 is 1.09. The standard InChI is InChI=1S/C11H16BrNO/c1-8-2-3-9(7-11(8)12)6-10(14)4-5-13/h2-3,7,10,14H,4-6,13H2,1H3. The van der Waals surface area contributed by atoms with Crippen LogP contribution >= 0.6 is 15.9 Å². The van der Waals surface area contributed by atoms with Crippen molar-refractivity contribution in [1.29, 1.82) is 0 Å². The van der Waals surface area contributed by atoms with Crippen LogP contribution in [0.25, 0.3) is 0 Å². The van der Waals surface area contributed by atoms with Gasteiger partial charge in [-0.3, -0.25) is 0 Å². The maximum absolute atomic E-state index is 9.57. The van der Waals surface area contributed by atoms with Crippen LogP contribution in [0.5, 0.6) is 0 Å². The van der Waals surface area contributed by atoms with Crippen LogP contribution in [0.4, 0.5) is 0 Å². The first-order valence-electron chi connectivity index (χ1n) is 4.76. The van der Waals surface area contributed by atoms with E-state index in [1.165, 1.54) is 5.56 Å². The second-order valence-corrected chi connectivity index (χ2v) is 4.37. The van der Waals surface area contributed by atoms with E-state index in [0.717, 1.165) is 10.0 Å². The topological polar surface area (TPSA) is 46.2 Å². The second kappa shape index (κ2) is 5.49. The van der Waals surface area contributed by atoms with Crippen LogP contribution in [0.2, 0.25) is 0 Å². The van der Waals surface area contributed by atoms with Crippen LogP contribution in [-0.4, -0.2) is 17.8 Å². The van der Waals surface area contributed by atoms with E-state index in [0.29, 0.717) is 19.4 Å². The highest BCUT2D eigenvalue weighted by Crippen LogP contribution is 2.18. The lowest BCUT2D eigenvalue weighted by molar-refractivity contribution is 0.167. The summed E-state index contributed by atoms with van der Waals surface area (Å²) in [6.45, 7) is 2.58. The zero-order valence-electron chi connectivity index (χ0n) is 8.33. The Morgan fingerprint density at radius 1 is 1.50 bits per heavy atom. The lowest BCUT2D eigenvalue weighted by Gasteiger charge is -2.09. The molecule has 14 heavy (non-hydrogen) atoms. The summed E-state index contributed by atoms with van der Waals surface area (Å²) in [4.78, 5) is 0. The highest BCUT2D eigenvalue weighted by Gasteiger charge is 2.05. The first kappa shape index (κ1) is 11.7. The molecule has 0 aliphatic rings. The monoisotopic (exact) mass is 257 g/mol. The first-order valence-corrected chi connectivity index (χ1v) is 5.56. The number of hydrogen-bond donors (Lipinski definition) is 2. The minimum Gasteiger partial charge on any atom is -0.393 e. The number of aliphatic hydroxyl groups is 1. The van der Waals surface area contributed by atoms with Crippen LogP contribution in [0.3, 0.4) is 0 Å². The van der Waals surface area contributed by atoms with E-state index < -0.39 is 0 Å². The largest absolute Gasteiger partial charge is 0.393 e. The molecular weight excluding hydrogens is 242 g/mol. The molecule has 0 aromatic heterocycles. The summed E-state index contributed by atoms with van der Waals surface area (Å²) in [7, 11) is 0. The van der Waals surface area contributed by atoms with Gasteiger partial charge in [0.1, 0.15) is 0 Å². The van der Waals surface area contributed by atoms with Gasteiger partial charge in [0.2, 0.25) is 0 Å². The third kappa shape index (κ3) is 3.40. The molecule has 78 valence electrons. The lowest BCUT2D eigenvalue weighted by atomic mass is 10.0. The highest BCUT2D eigenvalue weighted by molar-refractivity contribution is 9.10. The van der Waals surface area contributed by atoms with E-state index >= 15 is 0 Å². The van der Waals surface area contributed by atoms with Crippen LogP contribution in [0.15, 0.2) is 22.7 Å².